The zero-order valence-corrected chi connectivity index (χ0v) is 17.2. The standard InChI is InChI=1S/C23H29N3O3/c1-3-19(17-7-5-4-6-8-17)24-22(27)18-13-20(26-11-12-29-15-21(18)26)23(28)25(2)14-16-9-10-16/h4-8,13,16,19H,3,9-12,14-15H2,1-2H3,(H,24,27)/t19-/m1/s1. The van der Waals surface area contributed by atoms with E-state index in [1.165, 1.54) is 12.8 Å². The molecule has 0 unspecified atom stereocenters. The van der Waals surface area contributed by atoms with Gasteiger partial charge in [0.25, 0.3) is 11.8 Å². The van der Waals surface area contributed by atoms with E-state index >= 15 is 0 Å². The molecular weight excluding hydrogens is 366 g/mol. The van der Waals surface area contributed by atoms with E-state index in [2.05, 4.69) is 12.2 Å². The monoisotopic (exact) mass is 395 g/mol. The van der Waals surface area contributed by atoms with Crippen LogP contribution in [0.25, 0.3) is 0 Å². The lowest BCUT2D eigenvalue weighted by molar-refractivity contribution is 0.0712. The summed E-state index contributed by atoms with van der Waals surface area (Å²) in [6.07, 6.45) is 3.19. The minimum atomic E-state index is -0.154. The number of rotatable bonds is 7. The molecule has 1 aliphatic carbocycles. The summed E-state index contributed by atoms with van der Waals surface area (Å²) in [5.41, 5.74) is 3.00. The molecule has 0 bridgehead atoms. The molecule has 154 valence electrons. The Morgan fingerprint density at radius 2 is 2.03 bits per heavy atom. The van der Waals surface area contributed by atoms with Crippen LogP contribution in [-0.2, 0) is 17.9 Å². The van der Waals surface area contributed by atoms with Crippen LogP contribution in [0.15, 0.2) is 36.4 Å². The van der Waals surface area contributed by atoms with E-state index in [9.17, 15) is 9.59 Å². The number of ether oxygens (including phenoxy) is 1. The molecule has 29 heavy (non-hydrogen) atoms. The SMILES string of the molecule is CC[C@@H](NC(=O)c1cc(C(=O)N(C)CC2CC2)n2c1COCC2)c1ccccc1. The van der Waals surface area contributed by atoms with Crippen molar-refractivity contribution in [3.63, 3.8) is 0 Å². The Labute approximate surface area is 171 Å². The van der Waals surface area contributed by atoms with E-state index in [1.807, 2.05) is 41.9 Å². The van der Waals surface area contributed by atoms with Crippen molar-refractivity contribution in [1.29, 1.82) is 0 Å². The van der Waals surface area contributed by atoms with Gasteiger partial charge in [0.2, 0.25) is 0 Å². The molecule has 1 atom stereocenters. The molecule has 6 nitrogen and oxygen atoms in total. The lowest BCUT2D eigenvalue weighted by Crippen LogP contribution is -2.32. The summed E-state index contributed by atoms with van der Waals surface area (Å²) >= 11 is 0. The van der Waals surface area contributed by atoms with Gasteiger partial charge in [0.1, 0.15) is 5.69 Å². The maximum Gasteiger partial charge on any atom is 0.270 e. The molecule has 0 saturated heterocycles. The topological polar surface area (TPSA) is 63.6 Å². The number of benzene rings is 1. The first-order chi connectivity index (χ1) is 14.1. The predicted octanol–water partition coefficient (Wildman–Crippen LogP) is 3.38. The maximum absolute atomic E-state index is 13.1. The Morgan fingerprint density at radius 3 is 2.72 bits per heavy atom. The number of hydrogen-bond donors (Lipinski definition) is 1. The molecule has 1 N–H and O–H groups in total. The van der Waals surface area contributed by atoms with Gasteiger partial charge in [-0.25, -0.2) is 0 Å². The summed E-state index contributed by atoms with van der Waals surface area (Å²) in [6.45, 7) is 4.33. The highest BCUT2D eigenvalue weighted by molar-refractivity contribution is 6.00. The van der Waals surface area contributed by atoms with E-state index in [-0.39, 0.29) is 17.9 Å². The lowest BCUT2D eigenvalue weighted by atomic mass is 10.0. The zero-order valence-electron chi connectivity index (χ0n) is 17.2. The second kappa shape index (κ2) is 8.41. The van der Waals surface area contributed by atoms with Crippen LogP contribution < -0.4 is 5.32 Å². The van der Waals surface area contributed by atoms with Gasteiger partial charge in [-0.3, -0.25) is 9.59 Å². The van der Waals surface area contributed by atoms with Crippen LogP contribution in [0.2, 0.25) is 0 Å². The highest BCUT2D eigenvalue weighted by Gasteiger charge is 2.30. The number of nitrogens with one attached hydrogen (secondary N) is 1. The number of fused-ring (bicyclic) bond motifs is 1. The van der Waals surface area contributed by atoms with Crippen molar-refractivity contribution in [3.8, 4) is 0 Å². The summed E-state index contributed by atoms with van der Waals surface area (Å²) in [5.74, 6) is 0.454. The van der Waals surface area contributed by atoms with Gasteiger partial charge in [-0.15, -0.1) is 0 Å². The van der Waals surface area contributed by atoms with Crippen LogP contribution in [-0.4, -0.2) is 41.5 Å². The third-order valence-electron chi connectivity index (χ3n) is 5.86. The van der Waals surface area contributed by atoms with Crippen LogP contribution >= 0.6 is 0 Å². The smallest absolute Gasteiger partial charge is 0.270 e. The summed E-state index contributed by atoms with van der Waals surface area (Å²) in [7, 11) is 1.85. The molecule has 0 spiro atoms. The number of aromatic nitrogens is 1. The molecule has 1 aromatic carbocycles. The Balaban J connectivity index is 1.58. The number of amides is 2. The fourth-order valence-electron chi connectivity index (χ4n) is 4.01. The molecule has 2 aromatic rings. The van der Waals surface area contributed by atoms with Gasteiger partial charge in [-0.2, -0.15) is 0 Å². The zero-order chi connectivity index (χ0) is 20.4. The Bertz CT molecular complexity index is 886. The van der Waals surface area contributed by atoms with Crippen LogP contribution in [0.3, 0.4) is 0 Å². The molecule has 1 aromatic heterocycles. The molecule has 2 heterocycles. The molecule has 1 fully saturated rings. The minimum Gasteiger partial charge on any atom is -0.373 e. The first-order valence-electron chi connectivity index (χ1n) is 10.5. The first kappa shape index (κ1) is 19.7. The number of hydrogen-bond acceptors (Lipinski definition) is 3. The summed E-state index contributed by atoms with van der Waals surface area (Å²) in [5, 5.41) is 3.14. The van der Waals surface area contributed by atoms with Gasteiger partial charge in [0.05, 0.1) is 30.5 Å². The van der Waals surface area contributed by atoms with Gasteiger partial charge in [-0.1, -0.05) is 37.3 Å². The molecule has 2 amide bonds. The first-order valence-corrected chi connectivity index (χ1v) is 10.5. The number of carbonyl (C=O) groups is 2. The third kappa shape index (κ3) is 4.22. The van der Waals surface area contributed by atoms with Gasteiger partial charge in [0, 0.05) is 20.1 Å². The molecule has 0 radical (unpaired) electrons. The van der Waals surface area contributed by atoms with Crippen LogP contribution in [0, 0.1) is 5.92 Å². The van der Waals surface area contributed by atoms with Crippen molar-refractivity contribution in [3.05, 3.63) is 58.9 Å². The number of nitrogens with zero attached hydrogens (tertiary/aromatic N) is 2. The maximum atomic E-state index is 13.1. The Kier molecular flexibility index (Phi) is 5.72. The highest BCUT2D eigenvalue weighted by atomic mass is 16.5. The average molecular weight is 396 g/mol. The van der Waals surface area contributed by atoms with Gasteiger partial charge in [-0.05, 0) is 36.8 Å². The van der Waals surface area contributed by atoms with Crippen molar-refractivity contribution in [1.82, 2.24) is 14.8 Å². The van der Waals surface area contributed by atoms with E-state index < -0.39 is 0 Å². The van der Waals surface area contributed by atoms with Crippen molar-refractivity contribution in [2.45, 2.75) is 45.4 Å². The molecule has 1 aliphatic heterocycles. The second-order valence-corrected chi connectivity index (χ2v) is 8.07. The van der Waals surface area contributed by atoms with Crippen molar-refractivity contribution in [2.75, 3.05) is 20.2 Å². The summed E-state index contributed by atoms with van der Waals surface area (Å²) < 4.78 is 7.57. The Morgan fingerprint density at radius 1 is 1.28 bits per heavy atom. The largest absolute Gasteiger partial charge is 0.373 e. The third-order valence-corrected chi connectivity index (χ3v) is 5.86. The van der Waals surface area contributed by atoms with Crippen LogP contribution in [0.4, 0.5) is 0 Å². The fraction of sp³-hybridized carbons (Fsp3) is 0.478. The molecule has 1 saturated carbocycles. The van der Waals surface area contributed by atoms with E-state index in [4.69, 9.17) is 4.74 Å². The molecule has 2 aliphatic rings. The van der Waals surface area contributed by atoms with Crippen molar-refractivity contribution in [2.24, 2.45) is 5.92 Å². The molecule has 4 rings (SSSR count). The fourth-order valence-corrected chi connectivity index (χ4v) is 4.01. The van der Waals surface area contributed by atoms with Crippen molar-refractivity contribution < 1.29 is 14.3 Å². The normalized spacial score (nSPS) is 16.8. The second-order valence-electron chi connectivity index (χ2n) is 8.07. The molecular formula is C23H29N3O3. The summed E-state index contributed by atoms with van der Waals surface area (Å²) in [4.78, 5) is 28.0. The van der Waals surface area contributed by atoms with E-state index in [0.717, 1.165) is 24.2 Å². The van der Waals surface area contributed by atoms with Crippen LogP contribution in [0.5, 0.6) is 0 Å². The van der Waals surface area contributed by atoms with Crippen molar-refractivity contribution >= 4 is 11.8 Å². The lowest BCUT2D eigenvalue weighted by Gasteiger charge is -2.22. The van der Waals surface area contributed by atoms with Gasteiger partial charge < -0.3 is 19.5 Å². The number of carbonyl (C=O) groups excluding carboxylic acids is 2. The van der Waals surface area contributed by atoms with Gasteiger partial charge >= 0.3 is 0 Å². The minimum absolute atomic E-state index is 0.0193. The van der Waals surface area contributed by atoms with E-state index in [0.29, 0.717) is 36.9 Å². The van der Waals surface area contributed by atoms with Gasteiger partial charge in [0.15, 0.2) is 0 Å². The highest BCUT2D eigenvalue weighted by Crippen LogP contribution is 2.30. The quantitative estimate of drug-likeness (QED) is 0.782. The van der Waals surface area contributed by atoms with Crippen LogP contribution in [0.1, 0.15) is 64.3 Å². The summed E-state index contributed by atoms with van der Waals surface area (Å²) in [6, 6.07) is 11.7. The van der Waals surface area contributed by atoms with E-state index in [1.54, 1.807) is 11.0 Å². The molecule has 6 heteroatoms. The Hall–Kier alpha value is -2.60. The average Bonchev–Trinajstić information content (AvgIpc) is 3.48. The predicted molar refractivity (Wildman–Crippen MR) is 111 cm³/mol.